The molecule has 0 aromatic rings. The number of carbonyl (C=O) groups is 1. The van der Waals surface area contributed by atoms with E-state index in [1.54, 1.807) is 0 Å². The molecule has 0 heterocycles. The van der Waals surface area contributed by atoms with E-state index < -0.39 is 63.1 Å². The monoisotopic (exact) mass is 939 g/mol. The van der Waals surface area contributed by atoms with Gasteiger partial charge >= 0.3 is 13.8 Å². The molecule has 1 rings (SSSR count). The Bertz CT molecular complexity index is 1350. The molecule has 1 aliphatic rings. The SMILES string of the molecule is CC/C=C\C/C=C\C/C=C\C/C=C\CCCCCCCCC(=O)OC(COCCCCCCCCCC/C=C\C/C=C\CCCCCC)COP(=O)(O)OC1C(O)C(O)C(O)C(O)C1O. The number of hydrogen-bond donors (Lipinski definition) is 6. The number of aliphatic hydroxyl groups excluding tert-OH is 5. The Morgan fingerprint density at radius 2 is 0.908 bits per heavy atom. The van der Waals surface area contributed by atoms with E-state index in [1.165, 1.54) is 57.8 Å². The van der Waals surface area contributed by atoms with Gasteiger partial charge in [0.25, 0.3) is 0 Å². The molecule has 0 saturated heterocycles. The fourth-order valence-electron chi connectivity index (χ4n) is 7.32. The van der Waals surface area contributed by atoms with E-state index in [4.69, 9.17) is 18.5 Å². The summed E-state index contributed by atoms with van der Waals surface area (Å²) in [6, 6.07) is 0. The van der Waals surface area contributed by atoms with Crippen molar-refractivity contribution < 1.29 is 58.3 Å². The number of phosphoric ester groups is 1. The standard InChI is InChI=1S/C52H91O12P/c1-3-5-7-9-11-13-15-17-19-21-23-25-27-29-31-33-35-37-39-41-46(53)63-45(44-62-65(59,60)64-52-50(57)48(55)47(54)49(56)51(52)58)43-61-42-40-38-36-34-32-30-28-26-24-22-20-18-16-14-12-10-8-6-4-2/h5,7,11,13-14,16-17,19-20,22-23,25,45,47-52,54-58H,3-4,6,8-10,12,15,18,21,24,26-44H2,1-2H3,(H,59,60)/b7-5-,13-11-,16-14-,19-17-,22-20-,25-23-. The molecule has 13 heteroatoms. The Morgan fingerprint density at radius 3 is 1.38 bits per heavy atom. The van der Waals surface area contributed by atoms with Gasteiger partial charge in [0.1, 0.15) is 42.7 Å². The summed E-state index contributed by atoms with van der Waals surface area (Å²) in [7, 11) is -5.03. The minimum atomic E-state index is -5.03. The van der Waals surface area contributed by atoms with Crippen LogP contribution >= 0.6 is 7.82 Å². The number of allylic oxidation sites excluding steroid dienone is 12. The van der Waals surface area contributed by atoms with Crippen molar-refractivity contribution >= 4 is 13.8 Å². The van der Waals surface area contributed by atoms with Gasteiger partial charge in [0.2, 0.25) is 0 Å². The van der Waals surface area contributed by atoms with Crippen molar-refractivity contribution in [2.24, 2.45) is 0 Å². The summed E-state index contributed by atoms with van der Waals surface area (Å²) in [5.41, 5.74) is 0. The second-order valence-electron chi connectivity index (χ2n) is 17.3. The summed E-state index contributed by atoms with van der Waals surface area (Å²) in [5, 5.41) is 50.3. The third kappa shape index (κ3) is 33.8. The average Bonchev–Trinajstić information content (AvgIpc) is 3.29. The summed E-state index contributed by atoms with van der Waals surface area (Å²) in [6.45, 7) is 4.11. The first kappa shape index (κ1) is 60.8. The molecule has 0 bridgehead atoms. The van der Waals surface area contributed by atoms with Crippen LogP contribution in [0.15, 0.2) is 72.9 Å². The highest BCUT2D eigenvalue weighted by Crippen LogP contribution is 2.47. The summed E-state index contributed by atoms with van der Waals surface area (Å²) < 4.78 is 34.3. The van der Waals surface area contributed by atoms with E-state index in [2.05, 4.69) is 86.8 Å². The van der Waals surface area contributed by atoms with E-state index in [1.807, 2.05) is 0 Å². The van der Waals surface area contributed by atoms with Gasteiger partial charge in [-0.3, -0.25) is 13.8 Å². The molecular formula is C52H91O12P. The van der Waals surface area contributed by atoms with Crippen molar-refractivity contribution in [2.75, 3.05) is 19.8 Å². The average molecular weight is 939 g/mol. The van der Waals surface area contributed by atoms with Crippen molar-refractivity contribution in [3.05, 3.63) is 72.9 Å². The van der Waals surface area contributed by atoms with E-state index in [0.717, 1.165) is 103 Å². The minimum absolute atomic E-state index is 0.0902. The smallest absolute Gasteiger partial charge is 0.457 e. The van der Waals surface area contributed by atoms with Crippen LogP contribution in [0.2, 0.25) is 0 Å². The topological polar surface area (TPSA) is 192 Å². The lowest BCUT2D eigenvalue weighted by Crippen LogP contribution is -2.64. The zero-order chi connectivity index (χ0) is 47.6. The van der Waals surface area contributed by atoms with Crippen molar-refractivity contribution in [1.82, 2.24) is 0 Å². The molecule has 0 amide bonds. The number of carbonyl (C=O) groups excluding carboxylic acids is 1. The largest absolute Gasteiger partial charge is 0.472 e. The molecule has 0 aromatic carbocycles. The minimum Gasteiger partial charge on any atom is -0.457 e. The molecule has 376 valence electrons. The van der Waals surface area contributed by atoms with Gasteiger partial charge < -0.3 is 39.9 Å². The molecule has 12 nitrogen and oxygen atoms in total. The first-order chi connectivity index (χ1) is 31.5. The van der Waals surface area contributed by atoms with Crippen LogP contribution in [-0.4, -0.2) is 98.9 Å². The molecule has 6 unspecified atom stereocenters. The Morgan fingerprint density at radius 1 is 0.508 bits per heavy atom. The summed E-state index contributed by atoms with van der Waals surface area (Å²) >= 11 is 0. The van der Waals surface area contributed by atoms with Crippen molar-refractivity contribution in [3.8, 4) is 0 Å². The van der Waals surface area contributed by atoms with Crippen LogP contribution in [0.5, 0.6) is 0 Å². The fraction of sp³-hybridized carbons (Fsp3) is 0.750. The van der Waals surface area contributed by atoms with Crippen molar-refractivity contribution in [3.63, 3.8) is 0 Å². The van der Waals surface area contributed by atoms with E-state index in [0.29, 0.717) is 13.0 Å². The highest BCUT2D eigenvalue weighted by molar-refractivity contribution is 7.47. The molecule has 1 fully saturated rings. The van der Waals surface area contributed by atoms with Crippen molar-refractivity contribution in [1.29, 1.82) is 0 Å². The lowest BCUT2D eigenvalue weighted by molar-refractivity contribution is -0.220. The highest BCUT2D eigenvalue weighted by atomic mass is 31.2. The Kier molecular flexibility index (Phi) is 39.2. The zero-order valence-corrected chi connectivity index (χ0v) is 41.2. The normalized spacial score (nSPS) is 22.2. The number of ether oxygens (including phenoxy) is 2. The zero-order valence-electron chi connectivity index (χ0n) is 40.3. The third-order valence-corrected chi connectivity index (χ3v) is 12.3. The van der Waals surface area contributed by atoms with Gasteiger partial charge in [0, 0.05) is 13.0 Å². The summed E-state index contributed by atoms with van der Waals surface area (Å²) in [6.07, 6.45) is 42.4. The lowest BCUT2D eigenvalue weighted by Gasteiger charge is -2.41. The van der Waals surface area contributed by atoms with Crippen LogP contribution < -0.4 is 0 Å². The summed E-state index contributed by atoms with van der Waals surface area (Å²) in [4.78, 5) is 23.2. The number of esters is 1. The molecule has 0 radical (unpaired) electrons. The molecular weight excluding hydrogens is 848 g/mol. The van der Waals surface area contributed by atoms with Gasteiger partial charge in [-0.25, -0.2) is 4.57 Å². The fourth-order valence-corrected chi connectivity index (χ4v) is 8.29. The molecule has 6 N–H and O–H groups in total. The Labute approximate surface area is 393 Å². The van der Waals surface area contributed by atoms with Gasteiger partial charge in [-0.1, -0.05) is 170 Å². The molecule has 1 saturated carbocycles. The molecule has 0 aliphatic heterocycles. The second-order valence-corrected chi connectivity index (χ2v) is 18.7. The first-order valence-electron chi connectivity index (χ1n) is 25.3. The van der Waals surface area contributed by atoms with E-state index in [-0.39, 0.29) is 13.0 Å². The molecule has 65 heavy (non-hydrogen) atoms. The maximum Gasteiger partial charge on any atom is 0.472 e. The maximum absolute atomic E-state index is 12.9. The predicted octanol–water partition coefficient (Wildman–Crippen LogP) is 11.1. The number of hydrogen-bond acceptors (Lipinski definition) is 11. The third-order valence-electron chi connectivity index (χ3n) is 11.3. The quantitative estimate of drug-likeness (QED) is 0.0147. The maximum atomic E-state index is 12.9. The molecule has 0 aromatic heterocycles. The summed E-state index contributed by atoms with van der Waals surface area (Å²) in [5.74, 6) is -0.495. The van der Waals surface area contributed by atoms with Crippen LogP contribution in [0.4, 0.5) is 0 Å². The van der Waals surface area contributed by atoms with Crippen LogP contribution in [0, 0.1) is 0 Å². The van der Waals surface area contributed by atoms with Crippen molar-refractivity contribution in [2.45, 2.75) is 230 Å². The van der Waals surface area contributed by atoms with Crippen LogP contribution in [0.3, 0.4) is 0 Å². The van der Waals surface area contributed by atoms with Gasteiger partial charge in [0.05, 0.1) is 13.2 Å². The number of unbranched alkanes of at least 4 members (excludes halogenated alkanes) is 18. The van der Waals surface area contributed by atoms with Crippen LogP contribution in [-0.2, 0) is 27.9 Å². The van der Waals surface area contributed by atoms with E-state index in [9.17, 15) is 39.8 Å². The first-order valence-corrected chi connectivity index (χ1v) is 26.8. The highest BCUT2D eigenvalue weighted by Gasteiger charge is 2.51. The molecule has 6 atom stereocenters. The molecule has 1 aliphatic carbocycles. The van der Waals surface area contributed by atoms with E-state index >= 15 is 0 Å². The number of rotatable bonds is 42. The van der Waals surface area contributed by atoms with Crippen LogP contribution in [0.1, 0.15) is 187 Å². The van der Waals surface area contributed by atoms with Crippen LogP contribution in [0.25, 0.3) is 0 Å². The lowest BCUT2D eigenvalue weighted by atomic mass is 9.85. The Balaban J connectivity index is 2.38. The number of aliphatic hydroxyl groups is 5. The Hall–Kier alpha value is -2.22. The molecule has 0 spiro atoms. The predicted molar refractivity (Wildman–Crippen MR) is 262 cm³/mol. The van der Waals surface area contributed by atoms with Gasteiger partial charge in [-0.2, -0.15) is 0 Å². The van der Waals surface area contributed by atoms with Gasteiger partial charge in [-0.15, -0.1) is 0 Å². The second kappa shape index (κ2) is 41.9. The number of phosphoric acid groups is 1. The van der Waals surface area contributed by atoms with Gasteiger partial charge in [0.15, 0.2) is 0 Å². The van der Waals surface area contributed by atoms with Gasteiger partial charge in [-0.05, 0) is 83.5 Å².